The number of hydrogen-bond acceptors (Lipinski definition) is 2. The zero-order chi connectivity index (χ0) is 12.2. The Hall–Kier alpha value is -1.38. The number of rotatable bonds is 3. The van der Waals surface area contributed by atoms with E-state index >= 15 is 0 Å². The highest BCUT2D eigenvalue weighted by Crippen LogP contribution is 2.25. The van der Waals surface area contributed by atoms with E-state index in [4.69, 9.17) is 0 Å². The minimum absolute atomic E-state index is 0.00231. The van der Waals surface area contributed by atoms with E-state index in [0.717, 1.165) is 5.56 Å². The van der Waals surface area contributed by atoms with Crippen LogP contribution in [0.15, 0.2) is 24.5 Å². The summed E-state index contributed by atoms with van der Waals surface area (Å²) in [5, 5.41) is 2.94. The first-order valence-corrected chi connectivity index (χ1v) is 5.58. The van der Waals surface area contributed by atoms with Crippen LogP contribution in [0.25, 0.3) is 0 Å². The first-order chi connectivity index (χ1) is 7.41. The lowest BCUT2D eigenvalue weighted by molar-refractivity contribution is -0.127. The molecule has 1 amide bonds. The van der Waals surface area contributed by atoms with Crippen LogP contribution in [0.4, 0.5) is 0 Å². The maximum atomic E-state index is 11.8. The fourth-order valence-corrected chi connectivity index (χ4v) is 1.24. The van der Waals surface area contributed by atoms with Crippen LogP contribution in [0.2, 0.25) is 0 Å². The Balaban J connectivity index is 2.48. The van der Waals surface area contributed by atoms with Gasteiger partial charge in [-0.15, -0.1) is 0 Å². The first-order valence-electron chi connectivity index (χ1n) is 5.58. The zero-order valence-electron chi connectivity index (χ0n) is 10.4. The van der Waals surface area contributed by atoms with Crippen molar-refractivity contribution in [1.82, 2.24) is 10.3 Å². The summed E-state index contributed by atoms with van der Waals surface area (Å²) in [4.78, 5) is 15.8. The highest BCUT2D eigenvalue weighted by molar-refractivity contribution is 5.78. The van der Waals surface area contributed by atoms with Crippen LogP contribution in [0.3, 0.4) is 0 Å². The number of amides is 1. The van der Waals surface area contributed by atoms with Gasteiger partial charge in [0.15, 0.2) is 0 Å². The number of nitrogens with one attached hydrogen (secondary N) is 1. The monoisotopic (exact) mass is 220 g/mol. The van der Waals surface area contributed by atoms with E-state index in [1.54, 1.807) is 12.4 Å². The van der Waals surface area contributed by atoms with E-state index in [2.05, 4.69) is 31.1 Å². The Morgan fingerprint density at radius 2 is 1.94 bits per heavy atom. The van der Waals surface area contributed by atoms with Crippen molar-refractivity contribution in [2.24, 2.45) is 11.3 Å². The van der Waals surface area contributed by atoms with Gasteiger partial charge in [-0.25, -0.2) is 0 Å². The second-order valence-corrected chi connectivity index (χ2v) is 5.16. The van der Waals surface area contributed by atoms with Crippen molar-refractivity contribution in [3.8, 4) is 0 Å². The Bertz CT molecular complexity index is 341. The molecule has 0 spiro atoms. The molecule has 1 unspecified atom stereocenters. The summed E-state index contributed by atoms with van der Waals surface area (Å²) in [6, 6.07) is 3.81. The average Bonchev–Trinajstić information content (AvgIpc) is 2.25. The van der Waals surface area contributed by atoms with E-state index in [1.165, 1.54) is 0 Å². The summed E-state index contributed by atoms with van der Waals surface area (Å²) in [6.07, 6.45) is 3.46. The number of nitrogens with zero attached hydrogens (tertiary/aromatic N) is 1. The smallest absolute Gasteiger partial charge is 0.223 e. The Morgan fingerprint density at radius 1 is 1.38 bits per heavy atom. The summed E-state index contributed by atoms with van der Waals surface area (Å²) >= 11 is 0. The van der Waals surface area contributed by atoms with Gasteiger partial charge in [0.05, 0.1) is 0 Å². The van der Waals surface area contributed by atoms with Crippen LogP contribution < -0.4 is 5.32 Å². The molecule has 3 heteroatoms. The quantitative estimate of drug-likeness (QED) is 0.849. The molecular weight excluding hydrogens is 200 g/mol. The maximum Gasteiger partial charge on any atom is 0.223 e. The van der Waals surface area contributed by atoms with Crippen LogP contribution in [0, 0.1) is 11.3 Å². The lowest BCUT2D eigenvalue weighted by Crippen LogP contribution is -2.35. The van der Waals surface area contributed by atoms with Crippen molar-refractivity contribution >= 4 is 5.91 Å². The maximum absolute atomic E-state index is 11.8. The van der Waals surface area contributed by atoms with E-state index in [-0.39, 0.29) is 17.2 Å². The lowest BCUT2D eigenvalue weighted by atomic mass is 9.81. The van der Waals surface area contributed by atoms with Gasteiger partial charge in [-0.05, 0) is 23.1 Å². The molecule has 0 aliphatic rings. The topological polar surface area (TPSA) is 42.0 Å². The molecule has 0 aliphatic heterocycles. The van der Waals surface area contributed by atoms with Crippen LogP contribution >= 0.6 is 0 Å². The second-order valence-electron chi connectivity index (χ2n) is 5.16. The van der Waals surface area contributed by atoms with Crippen molar-refractivity contribution in [3.63, 3.8) is 0 Å². The van der Waals surface area contributed by atoms with E-state index in [9.17, 15) is 4.79 Å². The summed E-state index contributed by atoms with van der Waals surface area (Å²) in [7, 11) is 0. The number of aromatic nitrogens is 1. The molecule has 0 fully saturated rings. The molecule has 1 heterocycles. The molecule has 0 aliphatic carbocycles. The predicted octanol–water partition coefficient (Wildman–Crippen LogP) is 2.38. The molecule has 1 aromatic heterocycles. The van der Waals surface area contributed by atoms with Gasteiger partial charge in [0.25, 0.3) is 0 Å². The molecule has 3 nitrogen and oxygen atoms in total. The molecule has 88 valence electrons. The summed E-state index contributed by atoms with van der Waals surface area (Å²) in [6.45, 7) is 8.75. The fourth-order valence-electron chi connectivity index (χ4n) is 1.24. The van der Waals surface area contributed by atoms with Crippen LogP contribution in [-0.4, -0.2) is 10.9 Å². The Kier molecular flexibility index (Phi) is 4.05. The highest BCUT2D eigenvalue weighted by Gasteiger charge is 2.26. The molecule has 1 aromatic rings. The summed E-state index contributed by atoms with van der Waals surface area (Å²) < 4.78 is 0. The van der Waals surface area contributed by atoms with Gasteiger partial charge in [0.2, 0.25) is 5.91 Å². The number of carbonyl (C=O) groups excluding carboxylic acids is 1. The molecule has 0 saturated heterocycles. The molecule has 1 rings (SSSR count). The van der Waals surface area contributed by atoms with E-state index in [0.29, 0.717) is 6.54 Å². The molecule has 1 atom stereocenters. The lowest BCUT2D eigenvalue weighted by Gasteiger charge is -2.26. The van der Waals surface area contributed by atoms with Crippen molar-refractivity contribution in [2.75, 3.05) is 0 Å². The second kappa shape index (κ2) is 5.10. The third-order valence-corrected chi connectivity index (χ3v) is 2.91. The Labute approximate surface area is 97.3 Å². The van der Waals surface area contributed by atoms with Crippen molar-refractivity contribution in [2.45, 2.75) is 34.2 Å². The molecule has 0 saturated carbocycles. The van der Waals surface area contributed by atoms with Gasteiger partial charge in [0, 0.05) is 24.9 Å². The minimum atomic E-state index is 0.00231. The third-order valence-electron chi connectivity index (χ3n) is 2.91. The third kappa shape index (κ3) is 3.65. The summed E-state index contributed by atoms with van der Waals surface area (Å²) in [5.41, 5.74) is 1.08. The molecular formula is C13H20N2O. The molecule has 0 radical (unpaired) electrons. The minimum Gasteiger partial charge on any atom is -0.352 e. The molecule has 0 aromatic carbocycles. The van der Waals surface area contributed by atoms with E-state index < -0.39 is 0 Å². The van der Waals surface area contributed by atoms with Crippen LogP contribution in [0.1, 0.15) is 33.3 Å². The fraction of sp³-hybridized carbons (Fsp3) is 0.538. The van der Waals surface area contributed by atoms with Gasteiger partial charge in [-0.2, -0.15) is 0 Å². The van der Waals surface area contributed by atoms with Gasteiger partial charge >= 0.3 is 0 Å². The molecule has 0 bridgehead atoms. The zero-order valence-corrected chi connectivity index (χ0v) is 10.4. The molecule has 1 N–H and O–H groups in total. The number of carbonyl (C=O) groups is 1. The molecule has 16 heavy (non-hydrogen) atoms. The standard InChI is InChI=1S/C13H20N2O/c1-10(13(2,3)4)12(16)15-9-11-5-7-14-8-6-11/h5-8,10H,9H2,1-4H3,(H,15,16). The largest absolute Gasteiger partial charge is 0.352 e. The van der Waals surface area contributed by atoms with Crippen LogP contribution in [-0.2, 0) is 11.3 Å². The van der Waals surface area contributed by atoms with E-state index in [1.807, 2.05) is 19.1 Å². The van der Waals surface area contributed by atoms with Gasteiger partial charge in [-0.3, -0.25) is 9.78 Å². The van der Waals surface area contributed by atoms with Gasteiger partial charge in [0.1, 0.15) is 0 Å². The van der Waals surface area contributed by atoms with Gasteiger partial charge < -0.3 is 5.32 Å². The van der Waals surface area contributed by atoms with Crippen molar-refractivity contribution < 1.29 is 4.79 Å². The average molecular weight is 220 g/mol. The SMILES string of the molecule is CC(C(=O)NCc1ccncc1)C(C)(C)C. The number of pyridine rings is 1. The van der Waals surface area contributed by atoms with Crippen molar-refractivity contribution in [1.29, 1.82) is 0 Å². The summed E-state index contributed by atoms with van der Waals surface area (Å²) in [5.74, 6) is 0.110. The van der Waals surface area contributed by atoms with Crippen LogP contribution in [0.5, 0.6) is 0 Å². The van der Waals surface area contributed by atoms with Crippen molar-refractivity contribution in [3.05, 3.63) is 30.1 Å². The predicted molar refractivity (Wildman–Crippen MR) is 64.7 cm³/mol. The normalized spacial score (nSPS) is 13.2. The number of hydrogen-bond donors (Lipinski definition) is 1. The van der Waals surface area contributed by atoms with Gasteiger partial charge in [-0.1, -0.05) is 27.7 Å². The highest BCUT2D eigenvalue weighted by atomic mass is 16.1. The Morgan fingerprint density at radius 3 is 2.44 bits per heavy atom. The first kappa shape index (κ1) is 12.7.